The lowest BCUT2D eigenvalue weighted by Crippen LogP contribution is -2.35. The zero-order valence-corrected chi connectivity index (χ0v) is 16.1. The lowest BCUT2D eigenvalue weighted by Gasteiger charge is -2.23. The number of carbonyl (C=O) groups is 2. The van der Waals surface area contributed by atoms with Gasteiger partial charge in [-0.2, -0.15) is 8.78 Å². The molecule has 0 radical (unpaired) electrons. The molecule has 9 heteroatoms. The van der Waals surface area contributed by atoms with Gasteiger partial charge in [-0.05, 0) is 19.8 Å². The number of hydrogen-bond donors (Lipinski definition) is 3. The van der Waals surface area contributed by atoms with Crippen molar-refractivity contribution in [1.82, 2.24) is 10.2 Å². The number of aliphatic hydroxyl groups excluding tert-OH is 1. The van der Waals surface area contributed by atoms with E-state index in [0.29, 0.717) is 19.4 Å². The van der Waals surface area contributed by atoms with Crippen molar-refractivity contribution < 1.29 is 33.3 Å². The van der Waals surface area contributed by atoms with E-state index in [9.17, 15) is 23.5 Å². The van der Waals surface area contributed by atoms with E-state index >= 15 is 0 Å². The molecule has 1 aromatic carbocycles. The first-order chi connectivity index (χ1) is 13.7. The molecule has 2 amide bonds. The van der Waals surface area contributed by atoms with Crippen molar-refractivity contribution in [2.24, 2.45) is 0 Å². The van der Waals surface area contributed by atoms with Crippen molar-refractivity contribution in [2.75, 3.05) is 19.7 Å². The molecular weight excluding hydrogens is 386 g/mol. The minimum atomic E-state index is -3.45. The van der Waals surface area contributed by atoms with E-state index in [1.165, 1.54) is 42.2 Å². The summed E-state index contributed by atoms with van der Waals surface area (Å²) >= 11 is 0. The summed E-state index contributed by atoms with van der Waals surface area (Å²) in [7, 11) is 0. The van der Waals surface area contributed by atoms with Gasteiger partial charge in [0.25, 0.3) is 0 Å². The first kappa shape index (κ1) is 22.8. The van der Waals surface area contributed by atoms with E-state index in [0.717, 1.165) is 6.08 Å². The maximum Gasteiger partial charge on any atom is 0.332 e. The second-order valence-corrected chi connectivity index (χ2v) is 6.82. The van der Waals surface area contributed by atoms with Crippen LogP contribution in [-0.2, 0) is 15.5 Å². The van der Waals surface area contributed by atoms with Gasteiger partial charge in [0.15, 0.2) is 6.10 Å². The molecule has 29 heavy (non-hydrogen) atoms. The molecule has 0 aromatic heterocycles. The minimum Gasteiger partial charge on any atom is -0.479 e. The molecule has 1 fully saturated rings. The van der Waals surface area contributed by atoms with Crippen LogP contribution < -0.4 is 5.32 Å². The van der Waals surface area contributed by atoms with Crippen LogP contribution in [0.4, 0.5) is 13.6 Å². The maximum absolute atomic E-state index is 14.4. The summed E-state index contributed by atoms with van der Waals surface area (Å²) in [6, 6.07) is 6.28. The molecule has 1 aromatic rings. The van der Waals surface area contributed by atoms with Crippen molar-refractivity contribution in [3.63, 3.8) is 0 Å². The first-order valence-electron chi connectivity index (χ1n) is 9.42. The van der Waals surface area contributed by atoms with Crippen LogP contribution in [-0.4, -0.2) is 65.1 Å². The molecule has 1 aliphatic rings. The third kappa shape index (κ3) is 6.23. The van der Waals surface area contributed by atoms with Gasteiger partial charge in [-0.15, -0.1) is 0 Å². The van der Waals surface area contributed by atoms with Crippen LogP contribution in [0, 0.1) is 0 Å². The van der Waals surface area contributed by atoms with E-state index < -0.39 is 30.1 Å². The van der Waals surface area contributed by atoms with Crippen molar-refractivity contribution in [3.8, 4) is 0 Å². The van der Waals surface area contributed by atoms with E-state index in [1.54, 1.807) is 6.07 Å². The van der Waals surface area contributed by atoms with E-state index in [-0.39, 0.29) is 24.7 Å². The Morgan fingerprint density at radius 3 is 2.72 bits per heavy atom. The Morgan fingerprint density at radius 1 is 1.38 bits per heavy atom. The Kier molecular flexibility index (Phi) is 8.10. The van der Waals surface area contributed by atoms with E-state index in [4.69, 9.17) is 9.84 Å². The lowest BCUT2D eigenvalue weighted by atomic mass is 10.0. The standard InChI is InChI=1S/C20H26F2N2O5/c1-14(18(26)27)29-12-6-5-11-24-16(13-23-19(24)28)9-10-17(25)20(21,22)15-7-3-2-4-8-15/h2-4,7-10,14,16-17,25H,5-6,11-13H2,1H3,(H,23,28)(H,26,27). The van der Waals surface area contributed by atoms with Crippen LogP contribution >= 0.6 is 0 Å². The molecule has 3 N–H and O–H groups in total. The third-order valence-electron chi connectivity index (χ3n) is 4.68. The lowest BCUT2D eigenvalue weighted by molar-refractivity contribution is -0.149. The van der Waals surface area contributed by atoms with Crippen molar-refractivity contribution in [1.29, 1.82) is 0 Å². The molecule has 1 aliphatic heterocycles. The van der Waals surface area contributed by atoms with Gasteiger partial charge in [0.05, 0.1) is 6.04 Å². The molecule has 0 saturated carbocycles. The van der Waals surface area contributed by atoms with Crippen molar-refractivity contribution in [2.45, 2.75) is 43.9 Å². The Balaban J connectivity index is 1.87. The Morgan fingerprint density at radius 2 is 2.07 bits per heavy atom. The number of carbonyl (C=O) groups excluding carboxylic acids is 1. The summed E-state index contributed by atoms with van der Waals surface area (Å²) in [4.78, 5) is 24.1. The zero-order valence-electron chi connectivity index (χ0n) is 16.1. The molecule has 7 nitrogen and oxygen atoms in total. The fraction of sp³-hybridized carbons (Fsp3) is 0.500. The van der Waals surface area contributed by atoms with E-state index in [1.807, 2.05) is 0 Å². The molecule has 3 unspecified atom stereocenters. The van der Waals surface area contributed by atoms with Crippen LogP contribution in [0.1, 0.15) is 25.3 Å². The van der Waals surface area contributed by atoms with Crippen LogP contribution in [0.25, 0.3) is 0 Å². The normalized spacial score (nSPS) is 19.4. The molecule has 0 spiro atoms. The van der Waals surface area contributed by atoms with E-state index in [2.05, 4.69) is 5.32 Å². The summed E-state index contributed by atoms with van der Waals surface area (Å²) in [5.74, 6) is -4.49. The van der Waals surface area contributed by atoms with Gasteiger partial charge in [0.2, 0.25) is 0 Å². The second-order valence-electron chi connectivity index (χ2n) is 6.82. The van der Waals surface area contributed by atoms with Gasteiger partial charge in [-0.1, -0.05) is 42.5 Å². The highest BCUT2D eigenvalue weighted by Crippen LogP contribution is 2.32. The van der Waals surface area contributed by atoms with Crippen LogP contribution in [0.3, 0.4) is 0 Å². The molecule has 3 atom stereocenters. The number of aliphatic carboxylic acids is 1. The van der Waals surface area contributed by atoms with Crippen LogP contribution in [0.15, 0.2) is 42.5 Å². The maximum atomic E-state index is 14.4. The number of nitrogens with zero attached hydrogens (tertiary/aromatic N) is 1. The van der Waals surface area contributed by atoms with Gasteiger partial charge < -0.3 is 25.2 Å². The Labute approximate surface area is 168 Å². The number of rotatable bonds is 11. The van der Waals surface area contributed by atoms with Gasteiger partial charge in [-0.25, -0.2) is 9.59 Å². The molecule has 0 aliphatic carbocycles. The number of carboxylic acid groups (broad SMARTS) is 1. The van der Waals surface area contributed by atoms with Gasteiger partial charge in [0.1, 0.15) is 6.10 Å². The predicted octanol–water partition coefficient (Wildman–Crippen LogP) is 2.36. The summed E-state index contributed by atoms with van der Waals surface area (Å²) in [6.45, 7) is 2.29. The number of carboxylic acids is 1. The molecule has 1 saturated heterocycles. The molecule has 2 rings (SSSR count). The Hall–Kier alpha value is -2.52. The molecular formula is C20H26F2N2O5. The fourth-order valence-corrected chi connectivity index (χ4v) is 2.89. The number of unbranched alkanes of at least 4 members (excludes halogenated alkanes) is 1. The average molecular weight is 412 g/mol. The highest BCUT2D eigenvalue weighted by atomic mass is 19.3. The number of nitrogens with one attached hydrogen (secondary N) is 1. The van der Waals surface area contributed by atoms with Gasteiger partial charge >= 0.3 is 17.9 Å². The fourth-order valence-electron chi connectivity index (χ4n) is 2.89. The third-order valence-corrected chi connectivity index (χ3v) is 4.68. The number of urea groups is 1. The predicted molar refractivity (Wildman–Crippen MR) is 102 cm³/mol. The van der Waals surface area contributed by atoms with Crippen molar-refractivity contribution in [3.05, 3.63) is 48.0 Å². The second kappa shape index (κ2) is 10.3. The van der Waals surface area contributed by atoms with Crippen LogP contribution in [0.2, 0.25) is 0 Å². The first-order valence-corrected chi connectivity index (χ1v) is 9.42. The van der Waals surface area contributed by atoms with Crippen molar-refractivity contribution >= 4 is 12.0 Å². The largest absolute Gasteiger partial charge is 0.479 e. The molecule has 0 bridgehead atoms. The highest BCUT2D eigenvalue weighted by Gasteiger charge is 2.39. The summed E-state index contributed by atoms with van der Waals surface area (Å²) in [5.41, 5.74) is -0.287. The zero-order chi connectivity index (χ0) is 21.4. The monoisotopic (exact) mass is 412 g/mol. The molecule has 1 heterocycles. The smallest absolute Gasteiger partial charge is 0.332 e. The number of hydrogen-bond acceptors (Lipinski definition) is 4. The van der Waals surface area contributed by atoms with Gasteiger partial charge in [-0.3, -0.25) is 0 Å². The SMILES string of the molecule is CC(OCCCCN1C(=O)NCC1C=CC(O)C(F)(F)c1ccccc1)C(=O)O. The average Bonchev–Trinajstić information content (AvgIpc) is 3.05. The quantitative estimate of drug-likeness (QED) is 0.383. The number of amides is 2. The van der Waals surface area contributed by atoms with Crippen LogP contribution in [0.5, 0.6) is 0 Å². The Bertz CT molecular complexity index is 714. The molecule has 160 valence electrons. The number of halogens is 2. The number of alkyl halides is 2. The number of ether oxygens (including phenoxy) is 1. The minimum absolute atomic E-state index is 0.242. The summed E-state index contributed by atoms with van der Waals surface area (Å²) in [5, 5.41) is 21.4. The summed E-state index contributed by atoms with van der Waals surface area (Å²) in [6.07, 6.45) is 0.617. The van der Waals surface area contributed by atoms with Gasteiger partial charge in [0, 0.05) is 25.3 Å². The highest BCUT2D eigenvalue weighted by molar-refractivity contribution is 5.77. The topological polar surface area (TPSA) is 99.1 Å². The number of aliphatic hydroxyl groups is 1. The number of benzene rings is 1. The summed E-state index contributed by atoms with van der Waals surface area (Å²) < 4.78 is 33.8.